The van der Waals surface area contributed by atoms with E-state index in [1.807, 2.05) is 0 Å². The fourth-order valence-corrected chi connectivity index (χ4v) is 1.56. The molecular weight excluding hydrogens is 286 g/mol. The molecule has 0 aromatic heterocycles. The number of aliphatic carboxylic acids is 1. The number of hydrogen-bond donors (Lipinski definition) is 6. The summed E-state index contributed by atoms with van der Waals surface area (Å²) in [5.41, 5.74) is -0.206. The van der Waals surface area contributed by atoms with E-state index in [1.54, 1.807) is 0 Å². The van der Waals surface area contributed by atoms with Gasteiger partial charge in [0.05, 0.1) is 13.0 Å². The Bertz CT molecular complexity index is 385. The van der Waals surface area contributed by atoms with Crippen molar-refractivity contribution in [1.82, 2.24) is 4.90 Å². The van der Waals surface area contributed by atoms with E-state index in [0.717, 1.165) is 4.90 Å². The van der Waals surface area contributed by atoms with Crippen molar-refractivity contribution in [2.45, 2.75) is 30.8 Å². The van der Waals surface area contributed by atoms with Crippen molar-refractivity contribution in [3.8, 4) is 0 Å². The van der Waals surface area contributed by atoms with Crippen molar-refractivity contribution in [1.29, 1.82) is 0 Å². The van der Waals surface area contributed by atoms with Crippen LogP contribution in [0.4, 0.5) is 0 Å². The molecule has 0 rings (SSSR count). The first-order valence-corrected chi connectivity index (χ1v) is 6.10. The molecule has 9 heteroatoms. The lowest BCUT2D eigenvalue weighted by molar-refractivity contribution is -0.139. The number of aliphatic hydroxyl groups excluding tert-OH is 5. The van der Waals surface area contributed by atoms with Crippen molar-refractivity contribution < 1.29 is 40.2 Å². The third-order valence-electron chi connectivity index (χ3n) is 2.80. The average Bonchev–Trinajstić information content (AvgIpc) is 2.42. The fraction of sp³-hybridized carbons (Fsp3) is 0.667. The maximum Gasteiger partial charge on any atom is 0.308 e. The van der Waals surface area contributed by atoms with E-state index in [4.69, 9.17) is 15.3 Å². The van der Waals surface area contributed by atoms with Crippen molar-refractivity contribution in [3.05, 3.63) is 12.2 Å². The maximum atomic E-state index is 11.7. The van der Waals surface area contributed by atoms with E-state index in [0.29, 0.717) is 0 Å². The maximum absolute atomic E-state index is 11.7. The molecular formula is C12H21NO8. The minimum Gasteiger partial charge on any atom is -0.481 e. The van der Waals surface area contributed by atoms with Gasteiger partial charge in [-0.15, -0.1) is 0 Å². The van der Waals surface area contributed by atoms with Crippen molar-refractivity contribution in [3.63, 3.8) is 0 Å². The summed E-state index contributed by atoms with van der Waals surface area (Å²) in [4.78, 5) is 23.1. The highest BCUT2D eigenvalue weighted by Gasteiger charge is 2.31. The van der Waals surface area contributed by atoms with E-state index in [-0.39, 0.29) is 5.57 Å². The summed E-state index contributed by atoms with van der Waals surface area (Å²) in [7, 11) is 1.25. The number of rotatable bonds is 9. The van der Waals surface area contributed by atoms with Crippen molar-refractivity contribution in [2.24, 2.45) is 0 Å². The molecule has 0 bridgehead atoms. The molecule has 0 saturated heterocycles. The lowest BCUT2D eigenvalue weighted by atomic mass is 10.0. The number of amides is 1. The second-order valence-corrected chi connectivity index (χ2v) is 4.66. The fourth-order valence-electron chi connectivity index (χ4n) is 1.56. The van der Waals surface area contributed by atoms with Gasteiger partial charge in [0.15, 0.2) is 0 Å². The zero-order valence-corrected chi connectivity index (χ0v) is 11.6. The number of carbonyl (C=O) groups is 2. The van der Waals surface area contributed by atoms with Crippen LogP contribution in [0.1, 0.15) is 6.42 Å². The number of aliphatic hydroxyl groups is 5. The Morgan fingerprint density at radius 3 is 2.00 bits per heavy atom. The zero-order chi connectivity index (χ0) is 16.7. The molecule has 0 aliphatic rings. The smallest absolute Gasteiger partial charge is 0.308 e. The van der Waals surface area contributed by atoms with Gasteiger partial charge in [-0.1, -0.05) is 6.58 Å². The molecule has 4 atom stereocenters. The molecule has 0 aliphatic carbocycles. The Morgan fingerprint density at radius 1 is 1.10 bits per heavy atom. The average molecular weight is 307 g/mol. The molecule has 0 radical (unpaired) electrons. The van der Waals surface area contributed by atoms with Crippen molar-refractivity contribution in [2.75, 3.05) is 20.2 Å². The minimum atomic E-state index is -1.80. The molecule has 1 amide bonds. The number of carboxylic acids is 1. The lowest BCUT2D eigenvalue weighted by Gasteiger charge is -2.28. The molecule has 4 unspecified atom stereocenters. The van der Waals surface area contributed by atoms with Gasteiger partial charge in [0, 0.05) is 19.2 Å². The highest BCUT2D eigenvalue weighted by atomic mass is 16.4. The van der Waals surface area contributed by atoms with Crippen LogP contribution in [-0.4, -0.2) is 92.0 Å². The van der Waals surface area contributed by atoms with Gasteiger partial charge in [-0.05, 0) is 0 Å². The normalized spacial score (nSPS) is 16.7. The number of carbonyl (C=O) groups excluding carboxylic acids is 1. The molecule has 0 aromatic rings. The minimum absolute atomic E-state index is 0.206. The summed E-state index contributed by atoms with van der Waals surface area (Å²) in [6, 6.07) is 0. The molecule has 0 fully saturated rings. The standard InChI is InChI=1S/C12H21NO8/c1-6(3-9(17)18)12(21)13(2)4-7(15)10(19)11(20)8(16)5-14/h7-8,10-11,14-16,19-20H,1,3-5H2,2H3,(H,17,18). The van der Waals surface area contributed by atoms with Gasteiger partial charge < -0.3 is 35.5 Å². The van der Waals surface area contributed by atoms with Crippen LogP contribution < -0.4 is 0 Å². The lowest BCUT2D eigenvalue weighted by Crippen LogP contribution is -2.50. The molecule has 0 spiro atoms. The molecule has 21 heavy (non-hydrogen) atoms. The first-order chi connectivity index (χ1) is 9.61. The quantitative estimate of drug-likeness (QED) is 0.244. The van der Waals surface area contributed by atoms with E-state index in [9.17, 15) is 24.9 Å². The van der Waals surface area contributed by atoms with E-state index in [1.165, 1.54) is 7.05 Å². The van der Waals surface area contributed by atoms with Gasteiger partial charge in [-0.3, -0.25) is 9.59 Å². The predicted octanol–water partition coefficient (Wildman–Crippen LogP) is -3.09. The largest absolute Gasteiger partial charge is 0.481 e. The second-order valence-electron chi connectivity index (χ2n) is 4.66. The van der Waals surface area contributed by atoms with E-state index >= 15 is 0 Å². The van der Waals surface area contributed by atoms with Crippen LogP contribution in [-0.2, 0) is 9.59 Å². The summed E-state index contributed by atoms with van der Waals surface area (Å²) in [5.74, 6) is -1.97. The Hall–Kier alpha value is -1.52. The Morgan fingerprint density at radius 2 is 1.57 bits per heavy atom. The first-order valence-electron chi connectivity index (χ1n) is 6.10. The number of nitrogens with zero attached hydrogens (tertiary/aromatic N) is 1. The third-order valence-corrected chi connectivity index (χ3v) is 2.80. The monoisotopic (exact) mass is 307 g/mol. The van der Waals surface area contributed by atoms with Gasteiger partial charge in [0.1, 0.15) is 24.4 Å². The molecule has 0 saturated carbocycles. The van der Waals surface area contributed by atoms with Gasteiger partial charge in [-0.2, -0.15) is 0 Å². The Labute approximate surface area is 121 Å². The SMILES string of the molecule is C=C(CC(=O)O)C(=O)N(C)CC(O)C(O)C(O)C(O)CO. The summed E-state index contributed by atoms with van der Waals surface area (Å²) >= 11 is 0. The Balaban J connectivity index is 4.55. The Kier molecular flexibility index (Phi) is 8.07. The second kappa shape index (κ2) is 8.70. The van der Waals surface area contributed by atoms with Crippen LogP contribution in [0.5, 0.6) is 0 Å². The molecule has 0 aromatic carbocycles. The van der Waals surface area contributed by atoms with Crippen LogP contribution in [0, 0.1) is 0 Å². The highest BCUT2D eigenvalue weighted by molar-refractivity contribution is 5.96. The summed E-state index contributed by atoms with van der Waals surface area (Å²) in [5, 5.41) is 55.0. The van der Waals surface area contributed by atoms with Crippen LogP contribution in [0.25, 0.3) is 0 Å². The number of hydrogen-bond acceptors (Lipinski definition) is 7. The predicted molar refractivity (Wildman–Crippen MR) is 70.1 cm³/mol. The number of carboxylic acid groups (broad SMARTS) is 1. The number of likely N-dealkylation sites (N-methyl/N-ethyl adjacent to an activating group) is 1. The summed E-state index contributed by atoms with van der Waals surface area (Å²) in [6.07, 6.45) is -7.40. The summed E-state index contributed by atoms with van der Waals surface area (Å²) < 4.78 is 0. The van der Waals surface area contributed by atoms with Crippen LogP contribution in [0.2, 0.25) is 0 Å². The highest BCUT2D eigenvalue weighted by Crippen LogP contribution is 2.09. The zero-order valence-electron chi connectivity index (χ0n) is 11.6. The molecule has 9 nitrogen and oxygen atoms in total. The van der Waals surface area contributed by atoms with E-state index < -0.39 is 55.9 Å². The van der Waals surface area contributed by atoms with E-state index in [2.05, 4.69) is 6.58 Å². The first kappa shape index (κ1) is 19.5. The molecule has 6 N–H and O–H groups in total. The summed E-state index contributed by atoms with van der Waals surface area (Å²) in [6.45, 7) is 2.07. The van der Waals surface area contributed by atoms with Crippen LogP contribution >= 0.6 is 0 Å². The topological polar surface area (TPSA) is 159 Å². The third kappa shape index (κ3) is 6.19. The van der Waals surface area contributed by atoms with Gasteiger partial charge >= 0.3 is 5.97 Å². The van der Waals surface area contributed by atoms with Gasteiger partial charge in [-0.25, -0.2) is 0 Å². The van der Waals surface area contributed by atoms with Crippen molar-refractivity contribution >= 4 is 11.9 Å². The van der Waals surface area contributed by atoms with Gasteiger partial charge in [0.25, 0.3) is 0 Å². The molecule has 0 aliphatic heterocycles. The molecule has 122 valence electrons. The van der Waals surface area contributed by atoms with Gasteiger partial charge in [0.2, 0.25) is 5.91 Å². The molecule has 0 heterocycles. The van der Waals surface area contributed by atoms with Crippen LogP contribution in [0.3, 0.4) is 0 Å². The van der Waals surface area contributed by atoms with Crippen LogP contribution in [0.15, 0.2) is 12.2 Å².